The second kappa shape index (κ2) is 15.8. The molecule has 1 N–H and O–H groups in total. The van der Waals surface area contributed by atoms with Crippen molar-refractivity contribution in [3.05, 3.63) is 42.4 Å². The fraction of sp³-hybridized carbons (Fsp3) is 0.640. The van der Waals surface area contributed by atoms with Gasteiger partial charge in [0.15, 0.2) is 0 Å². The summed E-state index contributed by atoms with van der Waals surface area (Å²) in [5.41, 5.74) is 0.629. The van der Waals surface area contributed by atoms with E-state index in [0.717, 1.165) is 12.8 Å². The molecule has 5 nitrogen and oxygen atoms in total. The molecule has 0 aromatic carbocycles. The second-order valence-electron chi connectivity index (χ2n) is 8.05. The van der Waals surface area contributed by atoms with E-state index in [1.807, 2.05) is 18.2 Å². The minimum Gasteiger partial charge on any atom is -0.416 e. The molecule has 2 aromatic heterocycles. The van der Waals surface area contributed by atoms with Crippen molar-refractivity contribution < 1.29 is 9.52 Å². The first-order valence-corrected chi connectivity index (χ1v) is 11.9. The highest BCUT2D eigenvalue weighted by Gasteiger charge is 2.16. The van der Waals surface area contributed by atoms with E-state index in [4.69, 9.17) is 4.42 Å². The summed E-state index contributed by atoms with van der Waals surface area (Å²) in [5, 5.41) is 18.2. The standard InChI is InChI=1S/C25H39N3O2/c1-2-3-4-5-6-7-8-9-10-11-12-13-14-15-16-20-23(29)25-28-27-24(30-25)22-19-17-18-21-26-22/h9-10,17-19,21,23,29H,2-8,11-16,20H2,1H3/b10-9-/t23-/m0/s1. The molecule has 0 amide bonds. The molecular weight excluding hydrogens is 374 g/mol. The largest absolute Gasteiger partial charge is 0.416 e. The van der Waals surface area contributed by atoms with Gasteiger partial charge in [-0.1, -0.05) is 82.9 Å². The third-order valence-corrected chi connectivity index (χ3v) is 5.35. The number of rotatable bonds is 17. The highest BCUT2D eigenvalue weighted by atomic mass is 16.4. The molecule has 0 aliphatic heterocycles. The fourth-order valence-electron chi connectivity index (χ4n) is 3.49. The van der Waals surface area contributed by atoms with Gasteiger partial charge in [-0.05, 0) is 44.2 Å². The van der Waals surface area contributed by atoms with Gasteiger partial charge in [0.25, 0.3) is 5.89 Å². The van der Waals surface area contributed by atoms with Crippen molar-refractivity contribution in [3.8, 4) is 11.6 Å². The highest BCUT2D eigenvalue weighted by molar-refractivity contribution is 5.44. The Bertz CT molecular complexity index is 685. The molecule has 0 aliphatic carbocycles. The zero-order chi connectivity index (χ0) is 21.3. The quantitative estimate of drug-likeness (QED) is 0.219. The summed E-state index contributed by atoms with van der Waals surface area (Å²) < 4.78 is 5.56. The van der Waals surface area contributed by atoms with Crippen LogP contribution in [0.25, 0.3) is 11.6 Å². The van der Waals surface area contributed by atoms with Crippen molar-refractivity contribution in [2.75, 3.05) is 0 Å². The number of aliphatic hydroxyl groups excluding tert-OH is 1. The summed E-state index contributed by atoms with van der Waals surface area (Å²) in [4.78, 5) is 4.18. The minimum atomic E-state index is -0.695. The number of pyridine rings is 1. The summed E-state index contributed by atoms with van der Waals surface area (Å²) in [5.74, 6) is 0.639. The smallest absolute Gasteiger partial charge is 0.266 e. The van der Waals surface area contributed by atoms with Crippen LogP contribution in [0.3, 0.4) is 0 Å². The molecule has 2 rings (SSSR count). The second-order valence-corrected chi connectivity index (χ2v) is 8.05. The van der Waals surface area contributed by atoms with E-state index in [9.17, 15) is 5.11 Å². The van der Waals surface area contributed by atoms with Gasteiger partial charge in [0.2, 0.25) is 5.89 Å². The van der Waals surface area contributed by atoms with Crippen molar-refractivity contribution in [3.63, 3.8) is 0 Å². The van der Waals surface area contributed by atoms with Crippen LogP contribution in [0.1, 0.15) is 109 Å². The molecule has 0 aliphatic rings. The molecule has 0 bridgehead atoms. The van der Waals surface area contributed by atoms with Gasteiger partial charge in [-0.25, -0.2) is 0 Å². The number of hydrogen-bond donors (Lipinski definition) is 1. The molecule has 2 aromatic rings. The van der Waals surface area contributed by atoms with Crippen molar-refractivity contribution in [2.24, 2.45) is 0 Å². The Morgan fingerprint density at radius 1 is 0.867 bits per heavy atom. The summed E-state index contributed by atoms with van der Waals surface area (Å²) >= 11 is 0. The van der Waals surface area contributed by atoms with Gasteiger partial charge in [-0.15, -0.1) is 10.2 Å². The lowest BCUT2D eigenvalue weighted by atomic mass is 10.1. The molecule has 30 heavy (non-hydrogen) atoms. The maximum atomic E-state index is 10.3. The van der Waals surface area contributed by atoms with Crippen LogP contribution < -0.4 is 0 Å². The molecule has 0 unspecified atom stereocenters. The van der Waals surface area contributed by atoms with E-state index in [2.05, 4.69) is 34.3 Å². The van der Waals surface area contributed by atoms with Crippen molar-refractivity contribution in [1.29, 1.82) is 0 Å². The Balaban J connectivity index is 1.44. The van der Waals surface area contributed by atoms with Crippen molar-refractivity contribution in [2.45, 2.75) is 103 Å². The van der Waals surface area contributed by atoms with Crippen LogP contribution in [-0.4, -0.2) is 20.3 Å². The van der Waals surface area contributed by atoms with Crippen LogP contribution in [-0.2, 0) is 0 Å². The van der Waals surface area contributed by atoms with Gasteiger partial charge in [-0.3, -0.25) is 4.98 Å². The SMILES string of the molecule is CCCCCCCC/C=C\CCCCCCC[C@H](O)c1nnc(-c2ccccn2)o1. The average molecular weight is 414 g/mol. The Hall–Kier alpha value is -2.01. The highest BCUT2D eigenvalue weighted by Crippen LogP contribution is 2.22. The topological polar surface area (TPSA) is 72.0 Å². The number of aromatic nitrogens is 3. The Morgan fingerprint density at radius 3 is 2.20 bits per heavy atom. The first-order valence-electron chi connectivity index (χ1n) is 11.9. The van der Waals surface area contributed by atoms with Gasteiger partial charge in [0, 0.05) is 6.20 Å². The number of hydrogen-bond acceptors (Lipinski definition) is 5. The van der Waals surface area contributed by atoms with Gasteiger partial charge in [0.1, 0.15) is 11.8 Å². The molecule has 2 heterocycles. The van der Waals surface area contributed by atoms with E-state index in [0.29, 0.717) is 18.0 Å². The third kappa shape index (κ3) is 10.1. The molecule has 0 fully saturated rings. The maximum Gasteiger partial charge on any atom is 0.266 e. The molecule has 5 heteroatoms. The van der Waals surface area contributed by atoms with Crippen molar-refractivity contribution in [1.82, 2.24) is 15.2 Å². The van der Waals surface area contributed by atoms with E-state index < -0.39 is 6.10 Å². The predicted molar refractivity (Wildman–Crippen MR) is 122 cm³/mol. The summed E-state index contributed by atoms with van der Waals surface area (Å²) in [6.45, 7) is 2.27. The van der Waals surface area contributed by atoms with E-state index in [1.54, 1.807) is 6.20 Å². The number of nitrogens with zero attached hydrogens (tertiary/aromatic N) is 3. The van der Waals surface area contributed by atoms with Gasteiger partial charge < -0.3 is 9.52 Å². The summed E-state index contributed by atoms with van der Waals surface area (Å²) in [6.07, 6.45) is 22.8. The van der Waals surface area contributed by atoms with E-state index in [-0.39, 0.29) is 5.89 Å². The van der Waals surface area contributed by atoms with Crippen LogP contribution >= 0.6 is 0 Å². The lowest BCUT2D eigenvalue weighted by molar-refractivity contribution is 0.131. The van der Waals surface area contributed by atoms with Gasteiger partial charge in [-0.2, -0.15) is 0 Å². The lowest BCUT2D eigenvalue weighted by Crippen LogP contribution is -1.97. The number of unbranched alkanes of at least 4 members (excludes halogenated alkanes) is 11. The first kappa shape index (κ1) is 24.3. The first-order chi connectivity index (χ1) is 14.8. The molecule has 166 valence electrons. The Morgan fingerprint density at radius 2 is 1.53 bits per heavy atom. The summed E-state index contributed by atoms with van der Waals surface area (Å²) in [7, 11) is 0. The van der Waals surface area contributed by atoms with Gasteiger partial charge >= 0.3 is 0 Å². The van der Waals surface area contributed by atoms with Crippen LogP contribution in [0.4, 0.5) is 0 Å². The Labute approximate surface area is 182 Å². The molecular formula is C25H39N3O2. The molecule has 0 saturated carbocycles. The predicted octanol–water partition coefficient (Wildman–Crippen LogP) is 7.20. The normalized spacial score (nSPS) is 12.6. The zero-order valence-electron chi connectivity index (χ0n) is 18.6. The number of aliphatic hydroxyl groups is 1. The number of allylic oxidation sites excluding steroid dienone is 2. The lowest BCUT2D eigenvalue weighted by Gasteiger charge is -2.05. The zero-order valence-corrected chi connectivity index (χ0v) is 18.6. The Kier molecular flexibility index (Phi) is 12.8. The van der Waals surface area contributed by atoms with Crippen LogP contribution in [0.15, 0.2) is 41.0 Å². The van der Waals surface area contributed by atoms with Crippen LogP contribution in [0, 0.1) is 0 Å². The molecule has 0 saturated heterocycles. The van der Waals surface area contributed by atoms with Gasteiger partial charge in [0.05, 0.1) is 0 Å². The monoisotopic (exact) mass is 413 g/mol. The summed E-state index contributed by atoms with van der Waals surface area (Å²) in [6, 6.07) is 5.52. The molecule has 1 atom stereocenters. The molecule has 0 radical (unpaired) electrons. The van der Waals surface area contributed by atoms with Crippen molar-refractivity contribution >= 4 is 0 Å². The average Bonchev–Trinajstić information content (AvgIpc) is 3.27. The minimum absolute atomic E-state index is 0.283. The van der Waals surface area contributed by atoms with Crippen LogP contribution in [0.2, 0.25) is 0 Å². The van der Waals surface area contributed by atoms with Crippen LogP contribution in [0.5, 0.6) is 0 Å². The molecule has 0 spiro atoms. The van der Waals surface area contributed by atoms with E-state index in [1.165, 1.54) is 70.6 Å². The maximum absolute atomic E-state index is 10.3. The van der Waals surface area contributed by atoms with E-state index >= 15 is 0 Å². The third-order valence-electron chi connectivity index (χ3n) is 5.35. The fourth-order valence-corrected chi connectivity index (χ4v) is 3.49.